The van der Waals surface area contributed by atoms with Crippen molar-refractivity contribution >= 4 is 17.1 Å². The van der Waals surface area contributed by atoms with Gasteiger partial charge in [0.25, 0.3) is 0 Å². The number of carbonyl (C=O) groups is 1. The van der Waals surface area contributed by atoms with Crippen molar-refractivity contribution in [2.45, 2.75) is 51.4 Å². The van der Waals surface area contributed by atoms with E-state index in [-0.39, 0.29) is 0 Å². The number of ketones is 1. The molecule has 0 atom stereocenters. The zero-order chi connectivity index (χ0) is 11.2. The Morgan fingerprint density at radius 3 is 2.62 bits per heavy atom. The normalized spacial score (nSPS) is 18.2. The number of rotatable bonds is 4. The van der Waals surface area contributed by atoms with Gasteiger partial charge in [-0.25, -0.2) is 0 Å². The molecule has 16 heavy (non-hydrogen) atoms. The van der Waals surface area contributed by atoms with Crippen LogP contribution in [0, 0.1) is 5.92 Å². The average molecular weight is 236 g/mol. The van der Waals surface area contributed by atoms with Crippen LogP contribution >= 0.6 is 11.3 Å². The minimum atomic E-state index is 0.435. The first-order valence-electron chi connectivity index (χ1n) is 6.37. The Hall–Kier alpha value is -0.630. The molecular weight excluding hydrogens is 216 g/mol. The fourth-order valence-electron chi connectivity index (χ4n) is 2.58. The predicted molar refractivity (Wildman–Crippen MR) is 68.8 cm³/mol. The van der Waals surface area contributed by atoms with E-state index in [1.807, 2.05) is 5.38 Å². The third-order valence-electron chi connectivity index (χ3n) is 3.47. The summed E-state index contributed by atoms with van der Waals surface area (Å²) in [7, 11) is 0. The second kappa shape index (κ2) is 6.19. The lowest BCUT2D eigenvalue weighted by atomic mass is 9.93. The molecule has 0 N–H and O–H groups in total. The molecule has 1 aliphatic carbocycles. The molecule has 1 saturated carbocycles. The molecule has 1 heterocycles. The van der Waals surface area contributed by atoms with Crippen LogP contribution in [0.15, 0.2) is 16.8 Å². The first kappa shape index (κ1) is 11.8. The molecule has 0 spiro atoms. The van der Waals surface area contributed by atoms with Gasteiger partial charge in [0.1, 0.15) is 5.78 Å². The average Bonchev–Trinajstić information content (AvgIpc) is 2.62. The van der Waals surface area contributed by atoms with Crippen molar-refractivity contribution in [3.8, 4) is 0 Å². The Morgan fingerprint density at radius 1 is 1.25 bits per heavy atom. The summed E-state index contributed by atoms with van der Waals surface area (Å²) >= 11 is 1.68. The van der Waals surface area contributed by atoms with E-state index < -0.39 is 0 Å². The monoisotopic (exact) mass is 236 g/mol. The van der Waals surface area contributed by atoms with E-state index >= 15 is 0 Å². The number of Topliss-reactive ketones (excluding diaryl/α,β-unsaturated/α-hetero) is 1. The van der Waals surface area contributed by atoms with Gasteiger partial charge >= 0.3 is 0 Å². The van der Waals surface area contributed by atoms with Crippen molar-refractivity contribution in [2.24, 2.45) is 5.92 Å². The molecule has 1 fully saturated rings. The highest BCUT2D eigenvalue weighted by Gasteiger charge is 2.16. The van der Waals surface area contributed by atoms with E-state index in [0.29, 0.717) is 18.1 Å². The van der Waals surface area contributed by atoms with Crippen LogP contribution in [0.5, 0.6) is 0 Å². The maximum Gasteiger partial charge on any atom is 0.137 e. The lowest BCUT2D eigenvalue weighted by Crippen LogP contribution is -2.10. The first-order valence-corrected chi connectivity index (χ1v) is 7.31. The summed E-state index contributed by atoms with van der Waals surface area (Å²) in [5.41, 5.74) is 1.20. The lowest BCUT2D eigenvalue weighted by Gasteiger charge is -2.12. The third-order valence-corrected chi connectivity index (χ3v) is 4.20. The molecule has 2 rings (SSSR count). The van der Waals surface area contributed by atoms with Crippen LogP contribution in [0.3, 0.4) is 0 Å². The van der Waals surface area contributed by atoms with Crippen LogP contribution < -0.4 is 0 Å². The molecule has 0 amide bonds. The van der Waals surface area contributed by atoms with Crippen molar-refractivity contribution in [2.75, 3.05) is 0 Å². The van der Waals surface area contributed by atoms with E-state index in [2.05, 4.69) is 11.4 Å². The Balaban J connectivity index is 1.77. The molecule has 0 aliphatic heterocycles. The van der Waals surface area contributed by atoms with Crippen LogP contribution in [0.25, 0.3) is 0 Å². The Bertz CT molecular complexity index is 307. The quantitative estimate of drug-likeness (QED) is 0.715. The first-order chi connectivity index (χ1) is 7.84. The molecule has 1 aliphatic rings. The van der Waals surface area contributed by atoms with Gasteiger partial charge in [-0.1, -0.05) is 38.5 Å². The van der Waals surface area contributed by atoms with Gasteiger partial charge in [0.2, 0.25) is 0 Å². The van der Waals surface area contributed by atoms with E-state index in [1.165, 1.54) is 44.1 Å². The fraction of sp³-hybridized carbons (Fsp3) is 0.643. The van der Waals surface area contributed by atoms with E-state index in [4.69, 9.17) is 0 Å². The van der Waals surface area contributed by atoms with Crippen LogP contribution in [0.1, 0.15) is 50.5 Å². The molecule has 0 saturated heterocycles. The van der Waals surface area contributed by atoms with Crippen molar-refractivity contribution in [3.05, 3.63) is 22.4 Å². The maximum atomic E-state index is 11.9. The van der Waals surface area contributed by atoms with Gasteiger partial charge in [0, 0.05) is 12.8 Å². The van der Waals surface area contributed by atoms with Gasteiger partial charge in [-0.15, -0.1) is 0 Å². The number of thiophene rings is 1. The second-order valence-electron chi connectivity index (χ2n) is 4.91. The summed E-state index contributed by atoms with van der Waals surface area (Å²) in [6.45, 7) is 0. The summed E-state index contributed by atoms with van der Waals surface area (Å²) in [5, 5.41) is 4.14. The fourth-order valence-corrected chi connectivity index (χ4v) is 3.25. The van der Waals surface area contributed by atoms with Gasteiger partial charge in [-0.05, 0) is 28.3 Å². The SMILES string of the molecule is O=C(Cc1ccsc1)CC1CCCCCC1. The van der Waals surface area contributed by atoms with E-state index in [9.17, 15) is 4.79 Å². The molecule has 1 nitrogen and oxygen atoms in total. The summed E-state index contributed by atoms with van der Waals surface area (Å²) < 4.78 is 0. The minimum Gasteiger partial charge on any atom is -0.299 e. The Kier molecular flexibility index (Phi) is 4.58. The molecule has 2 heteroatoms. The van der Waals surface area contributed by atoms with E-state index in [0.717, 1.165) is 6.42 Å². The molecule has 0 radical (unpaired) electrons. The summed E-state index contributed by atoms with van der Waals surface area (Å²) in [6.07, 6.45) is 9.41. The molecule has 88 valence electrons. The molecule has 0 aromatic carbocycles. The van der Waals surface area contributed by atoms with Crippen molar-refractivity contribution < 1.29 is 4.79 Å². The van der Waals surface area contributed by atoms with Crippen LogP contribution in [0.4, 0.5) is 0 Å². The standard InChI is InChI=1S/C14H20OS/c15-14(10-13-7-8-16-11-13)9-12-5-3-1-2-4-6-12/h7-8,11-12H,1-6,9-10H2. The Labute approximate surface area is 102 Å². The molecule has 0 bridgehead atoms. The number of hydrogen-bond donors (Lipinski definition) is 0. The summed E-state index contributed by atoms with van der Waals surface area (Å²) in [6, 6.07) is 2.07. The maximum absolute atomic E-state index is 11.9. The highest BCUT2D eigenvalue weighted by molar-refractivity contribution is 7.07. The van der Waals surface area contributed by atoms with Gasteiger partial charge in [-0.2, -0.15) is 11.3 Å². The number of hydrogen-bond acceptors (Lipinski definition) is 2. The smallest absolute Gasteiger partial charge is 0.137 e. The van der Waals surface area contributed by atoms with Gasteiger partial charge in [-0.3, -0.25) is 4.79 Å². The van der Waals surface area contributed by atoms with Gasteiger partial charge < -0.3 is 0 Å². The summed E-state index contributed by atoms with van der Waals surface area (Å²) in [5.74, 6) is 1.11. The number of carbonyl (C=O) groups excluding carboxylic acids is 1. The van der Waals surface area contributed by atoms with Crippen molar-refractivity contribution in [3.63, 3.8) is 0 Å². The van der Waals surface area contributed by atoms with Gasteiger partial charge in [0.05, 0.1) is 0 Å². The third kappa shape index (κ3) is 3.75. The zero-order valence-corrected chi connectivity index (χ0v) is 10.6. The zero-order valence-electron chi connectivity index (χ0n) is 9.78. The second-order valence-corrected chi connectivity index (χ2v) is 5.69. The van der Waals surface area contributed by atoms with Crippen LogP contribution in [-0.4, -0.2) is 5.78 Å². The largest absolute Gasteiger partial charge is 0.299 e. The van der Waals surface area contributed by atoms with Crippen LogP contribution in [0.2, 0.25) is 0 Å². The highest BCUT2D eigenvalue weighted by atomic mass is 32.1. The molecular formula is C14H20OS. The lowest BCUT2D eigenvalue weighted by molar-refractivity contribution is -0.119. The van der Waals surface area contributed by atoms with Gasteiger partial charge in [0.15, 0.2) is 0 Å². The Morgan fingerprint density at radius 2 is 2.00 bits per heavy atom. The molecule has 1 aromatic heterocycles. The predicted octanol–water partition coefficient (Wildman–Crippen LogP) is 4.22. The van der Waals surface area contributed by atoms with Crippen LogP contribution in [-0.2, 0) is 11.2 Å². The minimum absolute atomic E-state index is 0.435. The van der Waals surface area contributed by atoms with Crippen molar-refractivity contribution in [1.82, 2.24) is 0 Å². The summed E-state index contributed by atoms with van der Waals surface area (Å²) in [4.78, 5) is 11.9. The van der Waals surface area contributed by atoms with E-state index in [1.54, 1.807) is 11.3 Å². The van der Waals surface area contributed by atoms with Crippen molar-refractivity contribution in [1.29, 1.82) is 0 Å². The topological polar surface area (TPSA) is 17.1 Å². The molecule has 0 unspecified atom stereocenters. The highest BCUT2D eigenvalue weighted by Crippen LogP contribution is 2.26. The molecule has 1 aromatic rings.